The fraction of sp³-hybridized carbons (Fsp3) is 0.222. The SMILES string of the molecule is Cc1nc(C(F)F)cc(C(=O)O)c1C#N. The van der Waals surface area contributed by atoms with Crippen molar-refractivity contribution in [2.24, 2.45) is 0 Å². The summed E-state index contributed by atoms with van der Waals surface area (Å²) in [6, 6.07) is 2.34. The number of pyridine rings is 1. The predicted molar refractivity (Wildman–Crippen MR) is 45.6 cm³/mol. The monoisotopic (exact) mass is 212 g/mol. The maximum atomic E-state index is 12.3. The molecule has 78 valence electrons. The summed E-state index contributed by atoms with van der Waals surface area (Å²) in [4.78, 5) is 14.1. The molecule has 0 saturated heterocycles. The Labute approximate surface area is 83.8 Å². The molecule has 1 aromatic rings. The van der Waals surface area contributed by atoms with E-state index in [1.165, 1.54) is 6.92 Å². The fourth-order valence-electron chi connectivity index (χ4n) is 1.12. The van der Waals surface area contributed by atoms with E-state index in [9.17, 15) is 13.6 Å². The largest absolute Gasteiger partial charge is 0.478 e. The first-order valence-corrected chi connectivity index (χ1v) is 3.90. The lowest BCUT2D eigenvalue weighted by atomic mass is 10.1. The average molecular weight is 212 g/mol. The van der Waals surface area contributed by atoms with Gasteiger partial charge in [-0.3, -0.25) is 4.98 Å². The second-order valence-corrected chi connectivity index (χ2v) is 2.77. The molecule has 0 aromatic carbocycles. The van der Waals surface area contributed by atoms with Gasteiger partial charge < -0.3 is 5.11 Å². The number of rotatable bonds is 2. The number of alkyl halides is 2. The predicted octanol–water partition coefficient (Wildman–Crippen LogP) is 1.90. The van der Waals surface area contributed by atoms with Gasteiger partial charge in [-0.1, -0.05) is 0 Å². The molecule has 1 heterocycles. The Hall–Kier alpha value is -2.03. The second-order valence-electron chi connectivity index (χ2n) is 2.77. The van der Waals surface area contributed by atoms with Crippen LogP contribution in [-0.2, 0) is 0 Å². The molecule has 4 nitrogen and oxygen atoms in total. The van der Waals surface area contributed by atoms with Crippen LogP contribution in [0, 0.1) is 18.3 Å². The van der Waals surface area contributed by atoms with Crippen LogP contribution in [0.25, 0.3) is 0 Å². The number of carbonyl (C=O) groups is 1. The van der Waals surface area contributed by atoms with E-state index in [2.05, 4.69) is 4.98 Å². The summed E-state index contributed by atoms with van der Waals surface area (Å²) >= 11 is 0. The van der Waals surface area contributed by atoms with E-state index < -0.39 is 23.7 Å². The summed E-state index contributed by atoms with van der Waals surface area (Å²) in [5, 5.41) is 17.3. The number of nitriles is 1. The molecule has 0 fully saturated rings. The first kappa shape index (κ1) is 11.0. The lowest BCUT2D eigenvalue weighted by Gasteiger charge is -2.05. The minimum atomic E-state index is -2.85. The molecule has 6 heteroatoms. The molecule has 0 atom stereocenters. The van der Waals surface area contributed by atoms with Crippen LogP contribution in [0.1, 0.15) is 33.7 Å². The highest BCUT2D eigenvalue weighted by Crippen LogP contribution is 2.21. The highest BCUT2D eigenvalue weighted by molar-refractivity contribution is 5.91. The van der Waals surface area contributed by atoms with Gasteiger partial charge in [-0.05, 0) is 13.0 Å². The van der Waals surface area contributed by atoms with E-state index in [1.807, 2.05) is 0 Å². The van der Waals surface area contributed by atoms with Gasteiger partial charge in [0.15, 0.2) is 0 Å². The standard InChI is InChI=1S/C9H6F2N2O2/c1-4-6(3-12)5(9(14)15)2-7(13-4)8(10)11/h2,8H,1H3,(H,14,15). The Balaban J connectivity index is 3.47. The average Bonchev–Trinajstić information content (AvgIpc) is 2.16. The molecule has 15 heavy (non-hydrogen) atoms. The summed E-state index contributed by atoms with van der Waals surface area (Å²) in [6.45, 7) is 1.32. The van der Waals surface area contributed by atoms with Crippen molar-refractivity contribution < 1.29 is 18.7 Å². The van der Waals surface area contributed by atoms with Crippen LogP contribution in [0.5, 0.6) is 0 Å². The number of aryl methyl sites for hydroxylation is 1. The van der Waals surface area contributed by atoms with E-state index in [-0.39, 0.29) is 11.3 Å². The van der Waals surface area contributed by atoms with Crippen molar-refractivity contribution in [2.45, 2.75) is 13.3 Å². The molecule has 0 radical (unpaired) electrons. The molecule has 1 rings (SSSR count). The van der Waals surface area contributed by atoms with Gasteiger partial charge in [0.1, 0.15) is 11.8 Å². The molecule has 0 saturated carbocycles. The molecule has 0 aliphatic heterocycles. The van der Waals surface area contributed by atoms with Crippen molar-refractivity contribution in [3.8, 4) is 6.07 Å². The summed E-state index contributed by atoms with van der Waals surface area (Å²) in [5.41, 5.74) is -1.27. The first-order valence-electron chi connectivity index (χ1n) is 3.90. The molecular formula is C9H6F2N2O2. The quantitative estimate of drug-likeness (QED) is 0.812. The number of nitrogens with zero attached hydrogens (tertiary/aromatic N) is 2. The van der Waals surface area contributed by atoms with Crippen molar-refractivity contribution in [3.63, 3.8) is 0 Å². The molecule has 0 bridgehead atoms. The maximum absolute atomic E-state index is 12.3. The number of aromatic carboxylic acids is 1. The third-order valence-corrected chi connectivity index (χ3v) is 1.79. The lowest BCUT2D eigenvalue weighted by Crippen LogP contribution is -2.06. The van der Waals surface area contributed by atoms with E-state index in [1.54, 1.807) is 6.07 Å². The number of carboxylic acids is 1. The van der Waals surface area contributed by atoms with Crippen molar-refractivity contribution in [3.05, 3.63) is 28.6 Å². The summed E-state index contributed by atoms with van der Waals surface area (Å²) in [5.74, 6) is -1.42. The van der Waals surface area contributed by atoms with Gasteiger partial charge in [-0.15, -0.1) is 0 Å². The molecule has 0 spiro atoms. The minimum Gasteiger partial charge on any atom is -0.478 e. The highest BCUT2D eigenvalue weighted by atomic mass is 19.3. The Bertz CT molecular complexity index is 452. The topological polar surface area (TPSA) is 74.0 Å². The van der Waals surface area contributed by atoms with E-state index in [4.69, 9.17) is 10.4 Å². The van der Waals surface area contributed by atoms with Crippen LogP contribution in [-0.4, -0.2) is 16.1 Å². The van der Waals surface area contributed by atoms with Crippen LogP contribution in [0.3, 0.4) is 0 Å². The van der Waals surface area contributed by atoms with E-state index >= 15 is 0 Å². The molecule has 0 aliphatic rings. The molecule has 1 aromatic heterocycles. The van der Waals surface area contributed by atoms with Crippen molar-refractivity contribution in [1.29, 1.82) is 5.26 Å². The van der Waals surface area contributed by atoms with Gasteiger partial charge in [0.05, 0.1) is 16.8 Å². The third-order valence-electron chi connectivity index (χ3n) is 1.79. The van der Waals surface area contributed by atoms with Crippen LogP contribution in [0.15, 0.2) is 6.07 Å². The van der Waals surface area contributed by atoms with Crippen molar-refractivity contribution in [1.82, 2.24) is 4.98 Å². The van der Waals surface area contributed by atoms with Crippen LogP contribution < -0.4 is 0 Å². The number of halogens is 2. The minimum absolute atomic E-state index is 0.00676. The zero-order chi connectivity index (χ0) is 11.6. The summed E-state index contributed by atoms with van der Waals surface area (Å²) in [7, 11) is 0. The van der Waals surface area contributed by atoms with Gasteiger partial charge in [0.25, 0.3) is 6.43 Å². The maximum Gasteiger partial charge on any atom is 0.337 e. The Morgan fingerprint density at radius 2 is 2.27 bits per heavy atom. The smallest absolute Gasteiger partial charge is 0.337 e. The lowest BCUT2D eigenvalue weighted by molar-refractivity contribution is 0.0695. The molecule has 1 N–H and O–H groups in total. The van der Waals surface area contributed by atoms with Crippen LogP contribution in [0.2, 0.25) is 0 Å². The van der Waals surface area contributed by atoms with E-state index in [0.717, 1.165) is 6.07 Å². The third kappa shape index (κ3) is 2.07. The first-order chi connectivity index (χ1) is 6.97. The van der Waals surface area contributed by atoms with Gasteiger partial charge in [-0.25, -0.2) is 13.6 Å². The summed E-state index contributed by atoms with van der Waals surface area (Å²) in [6.07, 6.45) is -2.85. The normalized spacial score (nSPS) is 10.1. The van der Waals surface area contributed by atoms with Gasteiger partial charge in [-0.2, -0.15) is 5.26 Å². The van der Waals surface area contributed by atoms with Crippen molar-refractivity contribution >= 4 is 5.97 Å². The summed E-state index contributed by atoms with van der Waals surface area (Å²) < 4.78 is 24.6. The number of hydrogen-bond acceptors (Lipinski definition) is 3. The van der Waals surface area contributed by atoms with Gasteiger partial charge >= 0.3 is 5.97 Å². The van der Waals surface area contributed by atoms with Gasteiger partial charge in [0.2, 0.25) is 0 Å². The second kappa shape index (κ2) is 4.00. The van der Waals surface area contributed by atoms with Crippen molar-refractivity contribution in [2.75, 3.05) is 0 Å². The molecule has 0 amide bonds. The fourth-order valence-corrected chi connectivity index (χ4v) is 1.12. The molecular weight excluding hydrogens is 206 g/mol. The number of carboxylic acid groups (broad SMARTS) is 1. The van der Waals surface area contributed by atoms with E-state index in [0.29, 0.717) is 0 Å². The van der Waals surface area contributed by atoms with Gasteiger partial charge in [0, 0.05) is 0 Å². The Morgan fingerprint density at radius 1 is 1.67 bits per heavy atom. The zero-order valence-corrected chi connectivity index (χ0v) is 7.66. The molecule has 0 unspecified atom stereocenters. The Kier molecular flexibility index (Phi) is 2.95. The van der Waals surface area contributed by atoms with Crippen LogP contribution >= 0.6 is 0 Å². The molecule has 0 aliphatic carbocycles. The zero-order valence-electron chi connectivity index (χ0n) is 7.66. The van der Waals surface area contributed by atoms with Crippen LogP contribution in [0.4, 0.5) is 8.78 Å². The number of aromatic nitrogens is 1. The Morgan fingerprint density at radius 3 is 2.67 bits per heavy atom. The number of hydrogen-bond donors (Lipinski definition) is 1. The highest BCUT2D eigenvalue weighted by Gasteiger charge is 2.19.